The second-order valence-electron chi connectivity index (χ2n) is 5.21. The largest absolute Gasteiger partial charge is 0.365 e. The molecule has 98 valence electrons. The molecular formula is C15H16N2O2. The number of hydrogen-bond acceptors (Lipinski definition) is 3. The van der Waals surface area contributed by atoms with Crippen molar-refractivity contribution < 1.29 is 9.53 Å². The normalized spacial score (nSPS) is 29.9. The first-order valence-corrected chi connectivity index (χ1v) is 6.64. The molecule has 1 aromatic rings. The molecule has 4 nitrogen and oxygen atoms in total. The van der Waals surface area contributed by atoms with Gasteiger partial charge in [-0.2, -0.15) is 5.26 Å². The van der Waals surface area contributed by atoms with E-state index in [4.69, 9.17) is 4.74 Å². The zero-order valence-corrected chi connectivity index (χ0v) is 10.7. The van der Waals surface area contributed by atoms with Gasteiger partial charge in [0.15, 0.2) is 0 Å². The molecule has 0 bridgehead atoms. The molecule has 1 spiro atoms. The van der Waals surface area contributed by atoms with E-state index in [1.54, 1.807) is 4.90 Å². The predicted octanol–water partition coefficient (Wildman–Crippen LogP) is 1.86. The topological polar surface area (TPSA) is 53.3 Å². The van der Waals surface area contributed by atoms with Crippen molar-refractivity contribution in [2.75, 3.05) is 6.61 Å². The highest BCUT2D eigenvalue weighted by molar-refractivity contribution is 5.88. The van der Waals surface area contributed by atoms with Gasteiger partial charge >= 0.3 is 0 Å². The van der Waals surface area contributed by atoms with Gasteiger partial charge in [0.05, 0.1) is 6.07 Å². The van der Waals surface area contributed by atoms with E-state index in [1.807, 2.05) is 30.3 Å². The van der Waals surface area contributed by atoms with Gasteiger partial charge in [0.1, 0.15) is 11.6 Å². The first kappa shape index (κ1) is 12.2. The van der Waals surface area contributed by atoms with Crippen LogP contribution in [0.25, 0.3) is 0 Å². The summed E-state index contributed by atoms with van der Waals surface area (Å²) in [5.41, 5.74) is 0.334. The number of carbonyl (C=O) groups excluding carboxylic acids is 1. The van der Waals surface area contributed by atoms with Crippen LogP contribution < -0.4 is 0 Å². The van der Waals surface area contributed by atoms with Crippen molar-refractivity contribution in [3.8, 4) is 6.07 Å². The Hall–Kier alpha value is -1.86. The Morgan fingerprint density at radius 3 is 2.84 bits per heavy atom. The smallest absolute Gasteiger partial charge is 0.256 e. The first-order chi connectivity index (χ1) is 9.25. The summed E-state index contributed by atoms with van der Waals surface area (Å²) < 4.78 is 5.67. The van der Waals surface area contributed by atoms with Gasteiger partial charge < -0.3 is 9.64 Å². The standard InChI is InChI=1S/C15H16N2O2/c16-10-13-9-15(7-4-8-19-15)14(18)17(13)11-12-5-2-1-3-6-12/h1-3,5-6,13H,4,7-9,11H2/t13-,15-/m0/s1. The SMILES string of the molecule is N#C[C@@H]1C[C@@]2(CCCO2)C(=O)N1Cc1ccccc1. The van der Waals surface area contributed by atoms with Crippen LogP contribution in [-0.2, 0) is 16.1 Å². The van der Waals surface area contributed by atoms with Crippen molar-refractivity contribution in [2.45, 2.75) is 37.5 Å². The van der Waals surface area contributed by atoms with E-state index in [0.717, 1.165) is 18.4 Å². The number of nitrogens with zero attached hydrogens (tertiary/aromatic N) is 2. The Labute approximate surface area is 112 Å². The fraction of sp³-hybridized carbons (Fsp3) is 0.467. The highest BCUT2D eigenvalue weighted by Gasteiger charge is 2.54. The van der Waals surface area contributed by atoms with E-state index >= 15 is 0 Å². The lowest BCUT2D eigenvalue weighted by atomic mass is 9.96. The Morgan fingerprint density at radius 2 is 2.21 bits per heavy atom. The van der Waals surface area contributed by atoms with Crippen LogP contribution in [0.4, 0.5) is 0 Å². The maximum atomic E-state index is 12.6. The molecule has 0 unspecified atom stereocenters. The molecule has 2 saturated heterocycles. The number of hydrogen-bond donors (Lipinski definition) is 0. The molecule has 4 heteroatoms. The third-order valence-corrected chi connectivity index (χ3v) is 4.00. The Bertz CT molecular complexity index is 515. The van der Waals surface area contributed by atoms with E-state index in [-0.39, 0.29) is 11.9 Å². The van der Waals surface area contributed by atoms with Crippen LogP contribution in [0.5, 0.6) is 0 Å². The van der Waals surface area contributed by atoms with Crippen molar-refractivity contribution in [3.05, 3.63) is 35.9 Å². The molecule has 2 aliphatic rings. The number of nitriles is 1. The Morgan fingerprint density at radius 1 is 1.42 bits per heavy atom. The molecule has 0 aliphatic carbocycles. The zero-order chi connectivity index (χ0) is 13.3. The molecule has 2 atom stereocenters. The molecule has 0 saturated carbocycles. The minimum absolute atomic E-state index is 0.0135. The number of rotatable bonds is 2. The van der Waals surface area contributed by atoms with Crippen molar-refractivity contribution >= 4 is 5.91 Å². The fourth-order valence-corrected chi connectivity index (χ4v) is 3.02. The third-order valence-electron chi connectivity index (χ3n) is 4.00. The molecule has 19 heavy (non-hydrogen) atoms. The van der Waals surface area contributed by atoms with Crippen molar-refractivity contribution in [2.24, 2.45) is 0 Å². The minimum Gasteiger partial charge on any atom is -0.365 e. The van der Waals surface area contributed by atoms with Gasteiger partial charge in [-0.25, -0.2) is 0 Å². The van der Waals surface area contributed by atoms with Crippen molar-refractivity contribution in [3.63, 3.8) is 0 Å². The monoisotopic (exact) mass is 256 g/mol. The average molecular weight is 256 g/mol. The molecular weight excluding hydrogens is 240 g/mol. The Balaban J connectivity index is 1.84. The van der Waals surface area contributed by atoms with Crippen LogP contribution in [0.3, 0.4) is 0 Å². The molecule has 0 radical (unpaired) electrons. The van der Waals surface area contributed by atoms with E-state index < -0.39 is 5.60 Å². The molecule has 0 aromatic heterocycles. The molecule has 1 amide bonds. The summed E-state index contributed by atoms with van der Waals surface area (Å²) >= 11 is 0. The van der Waals surface area contributed by atoms with Crippen molar-refractivity contribution in [1.29, 1.82) is 5.26 Å². The quantitative estimate of drug-likeness (QED) is 0.811. The van der Waals surface area contributed by atoms with Gasteiger partial charge in [0, 0.05) is 19.6 Å². The van der Waals surface area contributed by atoms with Gasteiger partial charge in [0.25, 0.3) is 5.91 Å². The van der Waals surface area contributed by atoms with E-state index in [1.165, 1.54) is 0 Å². The fourth-order valence-electron chi connectivity index (χ4n) is 3.02. The molecule has 2 fully saturated rings. The third kappa shape index (κ3) is 2.00. The lowest BCUT2D eigenvalue weighted by Crippen LogP contribution is -2.39. The summed E-state index contributed by atoms with van der Waals surface area (Å²) in [4.78, 5) is 14.2. The lowest BCUT2D eigenvalue weighted by molar-refractivity contribution is -0.145. The zero-order valence-electron chi connectivity index (χ0n) is 10.7. The van der Waals surface area contributed by atoms with Gasteiger partial charge in [0.2, 0.25) is 0 Å². The summed E-state index contributed by atoms with van der Waals surface area (Å²) in [6, 6.07) is 11.7. The van der Waals surface area contributed by atoms with Crippen LogP contribution in [0, 0.1) is 11.3 Å². The molecule has 1 aromatic carbocycles. The molecule has 2 aliphatic heterocycles. The van der Waals surface area contributed by atoms with Crippen LogP contribution in [0.15, 0.2) is 30.3 Å². The van der Waals surface area contributed by atoms with E-state index in [9.17, 15) is 10.1 Å². The van der Waals surface area contributed by atoms with Gasteiger partial charge in [-0.1, -0.05) is 30.3 Å². The maximum Gasteiger partial charge on any atom is 0.256 e. The van der Waals surface area contributed by atoms with Crippen molar-refractivity contribution in [1.82, 2.24) is 4.90 Å². The van der Waals surface area contributed by atoms with Crippen LogP contribution in [0.2, 0.25) is 0 Å². The van der Waals surface area contributed by atoms with Gasteiger partial charge in [-0.3, -0.25) is 4.79 Å². The van der Waals surface area contributed by atoms with E-state index in [0.29, 0.717) is 19.6 Å². The molecule has 2 heterocycles. The van der Waals surface area contributed by atoms with Gasteiger partial charge in [-0.05, 0) is 18.4 Å². The van der Waals surface area contributed by atoms with E-state index in [2.05, 4.69) is 6.07 Å². The summed E-state index contributed by atoms with van der Waals surface area (Å²) in [7, 11) is 0. The number of benzene rings is 1. The summed E-state index contributed by atoms with van der Waals surface area (Å²) in [5, 5.41) is 9.28. The highest BCUT2D eigenvalue weighted by atomic mass is 16.5. The first-order valence-electron chi connectivity index (χ1n) is 6.64. The second-order valence-corrected chi connectivity index (χ2v) is 5.21. The predicted molar refractivity (Wildman–Crippen MR) is 68.9 cm³/mol. The number of amides is 1. The maximum absolute atomic E-state index is 12.6. The van der Waals surface area contributed by atoms with Crippen LogP contribution in [0.1, 0.15) is 24.8 Å². The minimum atomic E-state index is -0.713. The van der Waals surface area contributed by atoms with Gasteiger partial charge in [-0.15, -0.1) is 0 Å². The average Bonchev–Trinajstić information content (AvgIpc) is 3.01. The lowest BCUT2D eigenvalue weighted by Gasteiger charge is -2.22. The summed E-state index contributed by atoms with van der Waals surface area (Å²) in [6.07, 6.45) is 2.16. The summed E-state index contributed by atoms with van der Waals surface area (Å²) in [5.74, 6) is -0.0135. The Kier molecular flexibility index (Phi) is 3.00. The molecule has 0 N–H and O–H groups in total. The number of ether oxygens (including phenoxy) is 1. The number of carbonyl (C=O) groups is 1. The second kappa shape index (κ2) is 4.67. The van der Waals surface area contributed by atoms with Crippen LogP contribution in [-0.4, -0.2) is 29.1 Å². The number of likely N-dealkylation sites (tertiary alicyclic amines) is 1. The highest BCUT2D eigenvalue weighted by Crippen LogP contribution is 2.39. The molecule has 3 rings (SSSR count). The summed E-state index contributed by atoms with van der Waals surface area (Å²) in [6.45, 7) is 1.12. The van der Waals surface area contributed by atoms with Crippen LogP contribution >= 0.6 is 0 Å².